The fourth-order valence-electron chi connectivity index (χ4n) is 2.68. The van der Waals surface area contributed by atoms with Crippen LogP contribution < -0.4 is 5.32 Å². The van der Waals surface area contributed by atoms with E-state index in [4.69, 9.17) is 0 Å². The Morgan fingerprint density at radius 3 is 2.72 bits per heavy atom. The second-order valence-corrected chi connectivity index (χ2v) is 9.08. The van der Waals surface area contributed by atoms with Gasteiger partial charge in [-0.3, -0.25) is 4.79 Å². The van der Waals surface area contributed by atoms with Crippen LogP contribution in [-0.2, 0) is 21.4 Å². The number of nitrogens with one attached hydrogen (secondary N) is 1. The number of hydrogen-bond acceptors (Lipinski definition) is 5. The molecule has 11 heteroatoms. The topological polar surface area (TPSA) is 86.7 Å². The summed E-state index contributed by atoms with van der Waals surface area (Å²) < 4.78 is 64.8. The van der Waals surface area contributed by atoms with Crippen molar-refractivity contribution in [1.82, 2.24) is 9.62 Å². The van der Waals surface area contributed by atoms with Crippen LogP contribution in [0.3, 0.4) is 0 Å². The van der Waals surface area contributed by atoms with Crippen LogP contribution in [0.4, 0.5) is 13.2 Å². The second-order valence-electron chi connectivity index (χ2n) is 5.80. The lowest BCUT2D eigenvalue weighted by molar-refractivity contribution is -0.219. The first-order valence-corrected chi connectivity index (χ1v) is 9.89. The van der Waals surface area contributed by atoms with Crippen molar-refractivity contribution in [1.29, 1.82) is 0 Å². The minimum atomic E-state index is -4.89. The number of carbonyl (C=O) groups is 1. The van der Waals surface area contributed by atoms with Crippen molar-refractivity contribution >= 4 is 27.3 Å². The van der Waals surface area contributed by atoms with Gasteiger partial charge in [-0.2, -0.15) is 17.5 Å². The minimum absolute atomic E-state index is 0.0516. The average molecular weight is 400 g/mol. The van der Waals surface area contributed by atoms with Crippen LogP contribution in [0.2, 0.25) is 0 Å². The summed E-state index contributed by atoms with van der Waals surface area (Å²) >= 11 is 0.889. The van der Waals surface area contributed by atoms with Gasteiger partial charge >= 0.3 is 6.18 Å². The maximum absolute atomic E-state index is 12.9. The third-order valence-corrected chi connectivity index (χ3v) is 7.39. The Hall–Kier alpha value is -1.17. The maximum Gasteiger partial charge on any atom is 0.415 e. The van der Waals surface area contributed by atoms with Crippen LogP contribution in [0.15, 0.2) is 16.3 Å². The van der Waals surface area contributed by atoms with E-state index in [1.807, 2.05) is 0 Å². The van der Waals surface area contributed by atoms with Crippen LogP contribution >= 0.6 is 11.3 Å². The highest BCUT2D eigenvalue weighted by Crippen LogP contribution is 2.35. The molecular weight excluding hydrogens is 381 g/mol. The van der Waals surface area contributed by atoms with Gasteiger partial charge in [-0.25, -0.2) is 8.42 Å². The summed E-state index contributed by atoms with van der Waals surface area (Å²) in [7, 11) is -4.16. The lowest BCUT2D eigenvalue weighted by Crippen LogP contribution is -2.54. The Labute approximate surface area is 147 Å². The number of carbonyl (C=O) groups excluding carboxylic acids is 1. The summed E-state index contributed by atoms with van der Waals surface area (Å²) in [5.41, 5.74) is 0. The molecule has 0 radical (unpaired) electrons. The zero-order valence-electron chi connectivity index (χ0n) is 13.4. The Balaban J connectivity index is 2.25. The Morgan fingerprint density at radius 1 is 1.44 bits per heavy atom. The minimum Gasteiger partial charge on any atom is -0.382 e. The third kappa shape index (κ3) is 4.72. The normalized spacial score (nSPS) is 21.1. The first-order chi connectivity index (χ1) is 11.5. The number of halogens is 3. The number of amides is 1. The van der Waals surface area contributed by atoms with E-state index in [-0.39, 0.29) is 29.6 Å². The van der Waals surface area contributed by atoms with Gasteiger partial charge in [0.25, 0.3) is 10.0 Å². The summed E-state index contributed by atoms with van der Waals surface area (Å²) in [6.45, 7) is 1.39. The molecule has 2 heterocycles. The Kier molecular flexibility index (Phi) is 6.13. The Morgan fingerprint density at radius 2 is 2.12 bits per heavy atom. The molecule has 0 aliphatic carbocycles. The predicted octanol–water partition coefficient (Wildman–Crippen LogP) is 1.85. The van der Waals surface area contributed by atoms with E-state index in [0.717, 1.165) is 15.6 Å². The fourth-order valence-corrected chi connectivity index (χ4v) is 5.80. The van der Waals surface area contributed by atoms with Gasteiger partial charge in [-0.1, -0.05) is 6.42 Å². The van der Waals surface area contributed by atoms with Gasteiger partial charge in [0, 0.05) is 18.3 Å². The van der Waals surface area contributed by atoms with Gasteiger partial charge < -0.3 is 10.4 Å². The zero-order chi connectivity index (χ0) is 18.8. The van der Waals surface area contributed by atoms with Crippen LogP contribution in [0.25, 0.3) is 0 Å². The van der Waals surface area contributed by atoms with Crippen LogP contribution in [0, 0.1) is 0 Å². The summed E-state index contributed by atoms with van der Waals surface area (Å²) in [6.07, 6.45) is -6.81. The van der Waals surface area contributed by atoms with E-state index in [1.165, 1.54) is 19.1 Å². The van der Waals surface area contributed by atoms with Crippen molar-refractivity contribution in [2.45, 2.75) is 55.3 Å². The average Bonchev–Trinajstić information content (AvgIpc) is 3.01. The van der Waals surface area contributed by atoms with Crippen molar-refractivity contribution in [3.63, 3.8) is 0 Å². The van der Waals surface area contributed by atoms with E-state index < -0.39 is 28.3 Å². The molecule has 2 atom stereocenters. The molecular formula is C14H19F3N2O4S2. The molecule has 2 N–H and O–H groups in total. The number of piperidine rings is 1. The highest BCUT2D eigenvalue weighted by atomic mass is 32.2. The number of rotatable bonds is 5. The van der Waals surface area contributed by atoms with Gasteiger partial charge in [0.05, 0.1) is 12.6 Å². The molecule has 0 unspecified atom stereocenters. The van der Waals surface area contributed by atoms with Crippen molar-refractivity contribution in [2.24, 2.45) is 0 Å². The molecule has 1 amide bonds. The van der Waals surface area contributed by atoms with Gasteiger partial charge in [0.1, 0.15) is 4.21 Å². The molecule has 1 aliphatic heterocycles. The third-order valence-electron chi connectivity index (χ3n) is 3.91. The second kappa shape index (κ2) is 7.60. The molecule has 1 aromatic heterocycles. The number of alkyl halides is 3. The summed E-state index contributed by atoms with van der Waals surface area (Å²) in [5, 5.41) is 12.1. The lowest BCUT2D eigenvalue weighted by Gasteiger charge is -2.37. The molecule has 0 saturated carbocycles. The molecule has 1 fully saturated rings. The largest absolute Gasteiger partial charge is 0.415 e. The Bertz CT molecular complexity index is 718. The smallest absolute Gasteiger partial charge is 0.382 e. The SMILES string of the molecule is CC(=O)NCc1ccc(S(=O)(=O)N2CCCC[C@H]2[C@@H](O)C(F)(F)F)s1. The van der Waals surface area contributed by atoms with Gasteiger partial charge in [0.15, 0.2) is 6.10 Å². The molecule has 0 bridgehead atoms. The number of hydrogen-bond donors (Lipinski definition) is 2. The van der Waals surface area contributed by atoms with Gasteiger partial charge in [0.2, 0.25) is 5.91 Å². The first-order valence-electron chi connectivity index (χ1n) is 7.63. The highest BCUT2D eigenvalue weighted by Gasteiger charge is 2.49. The predicted molar refractivity (Wildman–Crippen MR) is 85.4 cm³/mol. The standard InChI is InChI=1S/C14H19F3N2O4S2/c1-9(20)18-8-10-5-6-12(24-10)25(22,23)19-7-3-2-4-11(19)13(21)14(15,16)17/h5-6,11,13,21H,2-4,7-8H2,1H3,(H,18,20)/t11-,13+/m0/s1. The summed E-state index contributed by atoms with van der Waals surface area (Å²) in [6, 6.07) is 1.29. The van der Waals surface area contributed by atoms with Crippen molar-refractivity contribution in [3.8, 4) is 0 Å². The molecule has 0 spiro atoms. The number of thiophene rings is 1. The first kappa shape index (κ1) is 20.1. The zero-order valence-corrected chi connectivity index (χ0v) is 15.0. The van der Waals surface area contributed by atoms with Crippen LogP contribution in [0.1, 0.15) is 31.1 Å². The van der Waals surface area contributed by atoms with Crippen molar-refractivity contribution in [3.05, 3.63) is 17.0 Å². The molecule has 1 aliphatic rings. The number of sulfonamides is 1. The van der Waals surface area contributed by atoms with Crippen molar-refractivity contribution < 1.29 is 31.5 Å². The van der Waals surface area contributed by atoms with Gasteiger partial charge in [-0.05, 0) is 25.0 Å². The number of aliphatic hydroxyl groups excluding tert-OH is 1. The number of aliphatic hydroxyl groups is 1. The van der Waals surface area contributed by atoms with Crippen LogP contribution in [0.5, 0.6) is 0 Å². The lowest BCUT2D eigenvalue weighted by atomic mass is 9.99. The highest BCUT2D eigenvalue weighted by molar-refractivity contribution is 7.91. The van der Waals surface area contributed by atoms with E-state index in [9.17, 15) is 31.5 Å². The molecule has 1 saturated heterocycles. The molecule has 6 nitrogen and oxygen atoms in total. The van der Waals surface area contributed by atoms with E-state index >= 15 is 0 Å². The van der Waals surface area contributed by atoms with Crippen LogP contribution in [-0.4, -0.2) is 48.6 Å². The summed E-state index contributed by atoms with van der Waals surface area (Å²) in [4.78, 5) is 11.5. The van der Waals surface area contributed by atoms with Crippen molar-refractivity contribution in [2.75, 3.05) is 6.54 Å². The molecule has 2 rings (SSSR count). The van der Waals surface area contributed by atoms with Gasteiger partial charge in [-0.15, -0.1) is 11.3 Å². The van der Waals surface area contributed by atoms with E-state index in [0.29, 0.717) is 17.7 Å². The monoisotopic (exact) mass is 400 g/mol. The maximum atomic E-state index is 12.9. The quantitative estimate of drug-likeness (QED) is 0.790. The summed E-state index contributed by atoms with van der Waals surface area (Å²) in [5.74, 6) is -0.276. The van der Waals surface area contributed by atoms with E-state index in [2.05, 4.69) is 5.32 Å². The fraction of sp³-hybridized carbons (Fsp3) is 0.643. The number of nitrogens with zero attached hydrogens (tertiary/aromatic N) is 1. The molecule has 142 valence electrons. The molecule has 1 aromatic rings. The van der Waals surface area contributed by atoms with E-state index in [1.54, 1.807) is 0 Å². The molecule has 25 heavy (non-hydrogen) atoms. The molecule has 0 aromatic carbocycles.